The summed E-state index contributed by atoms with van der Waals surface area (Å²) in [5, 5.41) is 0. The van der Waals surface area contributed by atoms with Crippen molar-refractivity contribution in [3.05, 3.63) is 0 Å². The van der Waals surface area contributed by atoms with Gasteiger partial charge >= 0.3 is 0 Å². The zero-order valence-electron chi connectivity index (χ0n) is 10.5. The standard InChI is InChI=1S/C14H26N2/c1-2-11-16(13-14-8-9-14)12-7-5-3-4-6-10-15/h1,14H,3-13,15H2. The normalized spacial score (nSPS) is 15.3. The number of hydrogen-bond acceptors (Lipinski definition) is 2. The molecule has 1 rings (SSSR count). The molecule has 0 radical (unpaired) electrons. The number of rotatable bonds is 10. The molecule has 1 aliphatic carbocycles. The van der Waals surface area contributed by atoms with Crippen LogP contribution in [-0.4, -0.2) is 31.1 Å². The van der Waals surface area contributed by atoms with Crippen LogP contribution in [0.25, 0.3) is 0 Å². The minimum absolute atomic E-state index is 0.833. The maximum atomic E-state index is 5.46. The monoisotopic (exact) mass is 222 g/mol. The van der Waals surface area contributed by atoms with Gasteiger partial charge in [0.1, 0.15) is 0 Å². The maximum absolute atomic E-state index is 5.46. The molecule has 0 saturated heterocycles. The quantitative estimate of drug-likeness (QED) is 0.454. The van der Waals surface area contributed by atoms with Gasteiger partial charge in [-0.25, -0.2) is 0 Å². The summed E-state index contributed by atoms with van der Waals surface area (Å²) < 4.78 is 0. The van der Waals surface area contributed by atoms with Gasteiger partial charge in [-0.15, -0.1) is 6.42 Å². The molecule has 1 saturated carbocycles. The van der Waals surface area contributed by atoms with Crippen LogP contribution in [-0.2, 0) is 0 Å². The van der Waals surface area contributed by atoms with Gasteiger partial charge in [-0.1, -0.05) is 25.2 Å². The Bertz CT molecular complexity index is 203. The van der Waals surface area contributed by atoms with Gasteiger partial charge in [0.25, 0.3) is 0 Å². The molecule has 16 heavy (non-hydrogen) atoms. The van der Waals surface area contributed by atoms with Crippen LogP contribution in [0.1, 0.15) is 44.9 Å². The zero-order chi connectivity index (χ0) is 11.6. The third-order valence-corrected chi connectivity index (χ3v) is 3.21. The van der Waals surface area contributed by atoms with E-state index >= 15 is 0 Å². The van der Waals surface area contributed by atoms with Crippen LogP contribution < -0.4 is 5.73 Å². The van der Waals surface area contributed by atoms with E-state index < -0.39 is 0 Å². The van der Waals surface area contributed by atoms with Crippen LogP contribution >= 0.6 is 0 Å². The number of nitrogens with two attached hydrogens (primary N) is 1. The Labute approximate surface area is 101 Å². The van der Waals surface area contributed by atoms with Crippen molar-refractivity contribution in [3.8, 4) is 12.3 Å². The van der Waals surface area contributed by atoms with Crippen molar-refractivity contribution >= 4 is 0 Å². The molecule has 0 aromatic carbocycles. The summed E-state index contributed by atoms with van der Waals surface area (Å²) in [4.78, 5) is 2.45. The summed E-state index contributed by atoms with van der Waals surface area (Å²) in [5.41, 5.74) is 5.46. The van der Waals surface area contributed by atoms with Gasteiger partial charge in [-0.05, 0) is 44.7 Å². The fraction of sp³-hybridized carbons (Fsp3) is 0.857. The molecule has 1 fully saturated rings. The van der Waals surface area contributed by atoms with Crippen molar-refractivity contribution in [2.24, 2.45) is 11.7 Å². The van der Waals surface area contributed by atoms with E-state index in [0.717, 1.165) is 19.0 Å². The highest BCUT2D eigenvalue weighted by Gasteiger charge is 2.23. The Balaban J connectivity index is 1.96. The van der Waals surface area contributed by atoms with Gasteiger partial charge in [-0.2, -0.15) is 0 Å². The summed E-state index contributed by atoms with van der Waals surface area (Å²) >= 11 is 0. The lowest BCUT2D eigenvalue weighted by atomic mass is 10.1. The molecule has 2 N–H and O–H groups in total. The highest BCUT2D eigenvalue weighted by molar-refractivity contribution is 4.90. The van der Waals surface area contributed by atoms with Gasteiger partial charge in [0, 0.05) is 6.54 Å². The van der Waals surface area contributed by atoms with E-state index in [1.807, 2.05) is 0 Å². The Morgan fingerprint density at radius 1 is 1.12 bits per heavy atom. The molecule has 0 bridgehead atoms. The Hall–Kier alpha value is -0.520. The molecule has 2 heteroatoms. The second-order valence-corrected chi connectivity index (χ2v) is 4.94. The number of hydrogen-bond donors (Lipinski definition) is 1. The van der Waals surface area contributed by atoms with Crippen LogP contribution in [0.15, 0.2) is 0 Å². The SMILES string of the molecule is C#CCN(CCCCCCCN)CC1CC1. The lowest BCUT2D eigenvalue weighted by Gasteiger charge is -2.19. The number of terminal acetylenes is 1. The number of nitrogens with zero attached hydrogens (tertiary/aromatic N) is 1. The highest BCUT2D eigenvalue weighted by atomic mass is 15.1. The fourth-order valence-corrected chi connectivity index (χ4v) is 2.04. The first-order chi connectivity index (χ1) is 7.86. The average Bonchev–Trinajstić information content (AvgIpc) is 3.07. The van der Waals surface area contributed by atoms with E-state index in [-0.39, 0.29) is 0 Å². The average molecular weight is 222 g/mol. The van der Waals surface area contributed by atoms with Crippen LogP contribution in [0.4, 0.5) is 0 Å². The molecule has 0 aliphatic heterocycles. The van der Waals surface area contributed by atoms with E-state index in [2.05, 4.69) is 10.8 Å². The van der Waals surface area contributed by atoms with E-state index in [1.165, 1.54) is 58.0 Å². The molecule has 1 aliphatic rings. The maximum Gasteiger partial charge on any atom is 0.0599 e. The minimum Gasteiger partial charge on any atom is -0.330 e. The van der Waals surface area contributed by atoms with Crippen LogP contribution in [0.2, 0.25) is 0 Å². The lowest BCUT2D eigenvalue weighted by Crippen LogP contribution is -2.27. The highest BCUT2D eigenvalue weighted by Crippen LogP contribution is 2.29. The van der Waals surface area contributed by atoms with Crippen LogP contribution in [0.3, 0.4) is 0 Å². The first-order valence-electron chi connectivity index (χ1n) is 6.72. The molecule has 0 spiro atoms. The largest absolute Gasteiger partial charge is 0.330 e. The Morgan fingerprint density at radius 3 is 2.44 bits per heavy atom. The summed E-state index contributed by atoms with van der Waals surface area (Å²) in [5.74, 6) is 3.72. The summed E-state index contributed by atoms with van der Waals surface area (Å²) in [7, 11) is 0. The van der Waals surface area contributed by atoms with Gasteiger partial charge in [0.15, 0.2) is 0 Å². The smallest absolute Gasteiger partial charge is 0.0599 e. The third kappa shape index (κ3) is 6.87. The molecule has 92 valence electrons. The van der Waals surface area contributed by atoms with Gasteiger partial charge in [0.05, 0.1) is 6.54 Å². The van der Waals surface area contributed by atoms with E-state index in [1.54, 1.807) is 0 Å². The molecule has 0 heterocycles. The van der Waals surface area contributed by atoms with Crippen molar-refractivity contribution in [1.82, 2.24) is 4.90 Å². The first-order valence-corrected chi connectivity index (χ1v) is 6.72. The van der Waals surface area contributed by atoms with Gasteiger partial charge in [-0.3, -0.25) is 4.90 Å². The van der Waals surface area contributed by atoms with E-state index in [9.17, 15) is 0 Å². The predicted molar refractivity (Wildman–Crippen MR) is 70.1 cm³/mol. The Kier molecular flexibility index (Phi) is 7.29. The van der Waals surface area contributed by atoms with Crippen LogP contribution in [0.5, 0.6) is 0 Å². The Morgan fingerprint density at radius 2 is 1.81 bits per heavy atom. The fourth-order valence-electron chi connectivity index (χ4n) is 2.04. The molecule has 0 aromatic rings. The van der Waals surface area contributed by atoms with Crippen molar-refractivity contribution in [2.45, 2.75) is 44.9 Å². The molecule has 2 nitrogen and oxygen atoms in total. The van der Waals surface area contributed by atoms with Crippen molar-refractivity contribution in [3.63, 3.8) is 0 Å². The molecule has 0 amide bonds. The minimum atomic E-state index is 0.833. The van der Waals surface area contributed by atoms with Crippen molar-refractivity contribution in [1.29, 1.82) is 0 Å². The summed E-state index contributed by atoms with van der Waals surface area (Å²) in [6.45, 7) is 4.08. The van der Waals surface area contributed by atoms with Gasteiger partial charge < -0.3 is 5.73 Å². The molecule has 0 unspecified atom stereocenters. The van der Waals surface area contributed by atoms with E-state index in [4.69, 9.17) is 12.2 Å². The summed E-state index contributed by atoms with van der Waals surface area (Å²) in [6.07, 6.45) is 14.6. The second-order valence-electron chi connectivity index (χ2n) is 4.94. The first kappa shape index (κ1) is 13.5. The molecular weight excluding hydrogens is 196 g/mol. The molecule has 0 aromatic heterocycles. The predicted octanol–water partition coefficient (Wildman–Crippen LogP) is 2.24. The van der Waals surface area contributed by atoms with Crippen molar-refractivity contribution < 1.29 is 0 Å². The lowest BCUT2D eigenvalue weighted by molar-refractivity contribution is 0.286. The van der Waals surface area contributed by atoms with Crippen LogP contribution in [0, 0.1) is 18.3 Å². The van der Waals surface area contributed by atoms with Gasteiger partial charge in [0.2, 0.25) is 0 Å². The zero-order valence-corrected chi connectivity index (χ0v) is 10.5. The molecule has 0 atom stereocenters. The van der Waals surface area contributed by atoms with Crippen molar-refractivity contribution in [2.75, 3.05) is 26.2 Å². The third-order valence-electron chi connectivity index (χ3n) is 3.21. The van der Waals surface area contributed by atoms with E-state index in [0.29, 0.717) is 0 Å². The summed E-state index contributed by atoms with van der Waals surface area (Å²) in [6, 6.07) is 0. The topological polar surface area (TPSA) is 29.3 Å². The number of unbranched alkanes of at least 4 members (excludes halogenated alkanes) is 4. The molecular formula is C14H26N2. The second kappa shape index (κ2) is 8.61.